The summed E-state index contributed by atoms with van der Waals surface area (Å²) in [5, 5.41) is 0. The number of rotatable bonds is 4. The third-order valence-corrected chi connectivity index (χ3v) is 5.66. The van der Waals surface area contributed by atoms with Crippen molar-refractivity contribution in [3.05, 3.63) is 66.0 Å². The molecule has 1 atom stereocenters. The molecule has 2 aliphatic rings. The van der Waals surface area contributed by atoms with E-state index in [-0.39, 0.29) is 17.8 Å². The highest BCUT2D eigenvalue weighted by Crippen LogP contribution is 2.23. The molecule has 2 saturated heterocycles. The SMILES string of the molecule is O=C([C@@H]1CCCN1Cc1ccccc1)N1CCN(c2ccc(F)cc2)CC1. The number of halogens is 1. The van der Waals surface area contributed by atoms with Gasteiger partial charge < -0.3 is 9.80 Å². The van der Waals surface area contributed by atoms with E-state index in [9.17, 15) is 9.18 Å². The molecule has 2 aliphatic heterocycles. The summed E-state index contributed by atoms with van der Waals surface area (Å²) in [5.41, 5.74) is 2.29. The van der Waals surface area contributed by atoms with Gasteiger partial charge in [0.05, 0.1) is 6.04 Å². The van der Waals surface area contributed by atoms with Crippen LogP contribution in [0.15, 0.2) is 54.6 Å². The Hall–Kier alpha value is -2.40. The quantitative estimate of drug-likeness (QED) is 0.831. The van der Waals surface area contributed by atoms with Gasteiger partial charge in [0.2, 0.25) is 5.91 Å². The summed E-state index contributed by atoms with van der Waals surface area (Å²) in [7, 11) is 0. The third-order valence-electron chi connectivity index (χ3n) is 5.66. The van der Waals surface area contributed by atoms with Crippen molar-refractivity contribution in [2.75, 3.05) is 37.6 Å². The molecular formula is C22H26FN3O. The van der Waals surface area contributed by atoms with Crippen LogP contribution in [0, 0.1) is 5.82 Å². The van der Waals surface area contributed by atoms with E-state index in [1.165, 1.54) is 17.7 Å². The first kappa shape index (κ1) is 18.0. The first-order chi connectivity index (χ1) is 13.2. The standard InChI is InChI=1S/C22H26FN3O/c23-19-8-10-20(11-9-19)24-13-15-25(16-14-24)22(27)21-7-4-12-26(21)17-18-5-2-1-3-6-18/h1-3,5-6,8-11,21H,4,7,12-17H2/t21-/m0/s1. The Balaban J connectivity index is 1.35. The Kier molecular flexibility index (Phi) is 5.39. The molecule has 0 unspecified atom stereocenters. The number of hydrogen-bond donors (Lipinski definition) is 0. The lowest BCUT2D eigenvalue weighted by atomic mass is 10.1. The highest BCUT2D eigenvalue weighted by Gasteiger charge is 2.34. The van der Waals surface area contributed by atoms with Gasteiger partial charge in [0.1, 0.15) is 5.82 Å². The van der Waals surface area contributed by atoms with Crippen molar-refractivity contribution in [1.82, 2.24) is 9.80 Å². The maximum absolute atomic E-state index is 13.1. The largest absolute Gasteiger partial charge is 0.368 e. The predicted octanol–water partition coefficient (Wildman–Crippen LogP) is 3.14. The second-order valence-electron chi connectivity index (χ2n) is 7.40. The summed E-state index contributed by atoms with van der Waals surface area (Å²) in [6.45, 7) is 4.87. The van der Waals surface area contributed by atoms with E-state index in [4.69, 9.17) is 0 Å². The maximum atomic E-state index is 13.1. The van der Waals surface area contributed by atoms with Gasteiger partial charge in [-0.1, -0.05) is 30.3 Å². The molecule has 5 heteroatoms. The lowest BCUT2D eigenvalue weighted by Gasteiger charge is -2.38. The fourth-order valence-electron chi connectivity index (χ4n) is 4.16. The normalized spacial score (nSPS) is 20.9. The lowest BCUT2D eigenvalue weighted by molar-refractivity contribution is -0.136. The molecule has 27 heavy (non-hydrogen) atoms. The molecule has 0 saturated carbocycles. The smallest absolute Gasteiger partial charge is 0.240 e. The minimum absolute atomic E-state index is 0.00239. The summed E-state index contributed by atoms with van der Waals surface area (Å²) < 4.78 is 13.1. The molecule has 142 valence electrons. The second-order valence-corrected chi connectivity index (χ2v) is 7.40. The van der Waals surface area contributed by atoms with Crippen molar-refractivity contribution >= 4 is 11.6 Å². The summed E-state index contributed by atoms with van der Waals surface area (Å²) in [5.74, 6) is 0.0505. The molecule has 1 amide bonds. The van der Waals surface area contributed by atoms with Gasteiger partial charge in [-0.2, -0.15) is 0 Å². The van der Waals surface area contributed by atoms with E-state index >= 15 is 0 Å². The van der Waals surface area contributed by atoms with Crippen LogP contribution in [-0.4, -0.2) is 54.5 Å². The molecule has 0 aliphatic carbocycles. The van der Waals surface area contributed by atoms with Crippen molar-refractivity contribution < 1.29 is 9.18 Å². The van der Waals surface area contributed by atoms with E-state index in [1.807, 2.05) is 23.1 Å². The van der Waals surface area contributed by atoms with Gasteiger partial charge in [-0.05, 0) is 49.2 Å². The van der Waals surface area contributed by atoms with Gasteiger partial charge in [-0.15, -0.1) is 0 Å². The van der Waals surface area contributed by atoms with Crippen molar-refractivity contribution in [2.45, 2.75) is 25.4 Å². The van der Waals surface area contributed by atoms with Crippen LogP contribution in [0.25, 0.3) is 0 Å². The Morgan fingerprint density at radius 2 is 1.63 bits per heavy atom. The number of hydrogen-bond acceptors (Lipinski definition) is 3. The Morgan fingerprint density at radius 3 is 2.33 bits per heavy atom. The number of carbonyl (C=O) groups is 1. The van der Waals surface area contributed by atoms with Gasteiger partial charge in [0, 0.05) is 38.4 Å². The first-order valence-electron chi connectivity index (χ1n) is 9.78. The Morgan fingerprint density at radius 1 is 0.926 bits per heavy atom. The summed E-state index contributed by atoms with van der Waals surface area (Å²) in [6.07, 6.45) is 2.03. The number of benzene rings is 2. The monoisotopic (exact) mass is 367 g/mol. The second kappa shape index (κ2) is 8.09. The van der Waals surface area contributed by atoms with Crippen LogP contribution in [0.4, 0.5) is 10.1 Å². The van der Waals surface area contributed by atoms with Crippen LogP contribution in [0.3, 0.4) is 0 Å². The number of amides is 1. The molecule has 0 spiro atoms. The Bertz CT molecular complexity index is 757. The van der Waals surface area contributed by atoms with Gasteiger partial charge in [0.25, 0.3) is 0 Å². The minimum Gasteiger partial charge on any atom is -0.368 e. The van der Waals surface area contributed by atoms with E-state index in [0.717, 1.165) is 57.8 Å². The molecule has 2 fully saturated rings. The van der Waals surface area contributed by atoms with Crippen LogP contribution >= 0.6 is 0 Å². The van der Waals surface area contributed by atoms with Crippen LogP contribution in [-0.2, 0) is 11.3 Å². The van der Waals surface area contributed by atoms with Gasteiger partial charge in [-0.3, -0.25) is 9.69 Å². The Labute approximate surface area is 160 Å². The lowest BCUT2D eigenvalue weighted by Crippen LogP contribution is -2.53. The third kappa shape index (κ3) is 4.14. The van der Waals surface area contributed by atoms with Crippen LogP contribution in [0.1, 0.15) is 18.4 Å². The molecule has 2 aromatic carbocycles. The molecular weight excluding hydrogens is 341 g/mol. The van der Waals surface area contributed by atoms with E-state index in [1.54, 1.807) is 0 Å². The van der Waals surface area contributed by atoms with Crippen molar-refractivity contribution in [1.29, 1.82) is 0 Å². The topological polar surface area (TPSA) is 26.8 Å². The summed E-state index contributed by atoms with van der Waals surface area (Å²) in [6, 6.07) is 17.0. The predicted molar refractivity (Wildman–Crippen MR) is 105 cm³/mol. The van der Waals surface area contributed by atoms with Crippen LogP contribution in [0.5, 0.6) is 0 Å². The number of carbonyl (C=O) groups excluding carboxylic acids is 1. The molecule has 0 radical (unpaired) electrons. The highest BCUT2D eigenvalue weighted by molar-refractivity contribution is 5.82. The highest BCUT2D eigenvalue weighted by atomic mass is 19.1. The van der Waals surface area contributed by atoms with Crippen molar-refractivity contribution in [2.24, 2.45) is 0 Å². The molecule has 0 bridgehead atoms. The van der Waals surface area contributed by atoms with E-state index in [0.29, 0.717) is 0 Å². The maximum Gasteiger partial charge on any atom is 0.240 e. The average molecular weight is 367 g/mol. The van der Waals surface area contributed by atoms with Crippen LogP contribution < -0.4 is 4.90 Å². The van der Waals surface area contributed by atoms with Gasteiger partial charge in [-0.25, -0.2) is 4.39 Å². The molecule has 2 heterocycles. The molecule has 4 nitrogen and oxygen atoms in total. The fourth-order valence-corrected chi connectivity index (χ4v) is 4.16. The number of piperazine rings is 1. The van der Waals surface area contributed by atoms with Gasteiger partial charge >= 0.3 is 0 Å². The first-order valence-corrected chi connectivity index (χ1v) is 9.78. The van der Waals surface area contributed by atoms with Gasteiger partial charge in [0.15, 0.2) is 0 Å². The average Bonchev–Trinajstić information content (AvgIpc) is 3.17. The van der Waals surface area contributed by atoms with E-state index < -0.39 is 0 Å². The zero-order chi connectivity index (χ0) is 18.6. The molecule has 0 aromatic heterocycles. The van der Waals surface area contributed by atoms with E-state index in [2.05, 4.69) is 34.1 Å². The van der Waals surface area contributed by atoms with Crippen molar-refractivity contribution in [3.8, 4) is 0 Å². The molecule has 0 N–H and O–H groups in total. The fraction of sp³-hybridized carbons (Fsp3) is 0.409. The number of nitrogens with zero attached hydrogens (tertiary/aromatic N) is 3. The number of likely N-dealkylation sites (tertiary alicyclic amines) is 1. The molecule has 4 rings (SSSR count). The van der Waals surface area contributed by atoms with Crippen LogP contribution in [0.2, 0.25) is 0 Å². The zero-order valence-electron chi connectivity index (χ0n) is 15.6. The number of anilines is 1. The zero-order valence-corrected chi connectivity index (χ0v) is 15.6. The van der Waals surface area contributed by atoms with Crippen molar-refractivity contribution in [3.63, 3.8) is 0 Å². The summed E-state index contributed by atoms with van der Waals surface area (Å²) in [4.78, 5) is 19.7. The summed E-state index contributed by atoms with van der Waals surface area (Å²) >= 11 is 0. The minimum atomic E-state index is -0.215. The molecule has 2 aromatic rings.